The van der Waals surface area contributed by atoms with Gasteiger partial charge in [-0.25, -0.2) is 4.39 Å². The topological polar surface area (TPSA) is 38.8 Å². The van der Waals surface area contributed by atoms with Crippen molar-refractivity contribution in [1.29, 1.82) is 0 Å². The van der Waals surface area contributed by atoms with Gasteiger partial charge in [0.25, 0.3) is 5.91 Å². The second-order valence-corrected chi connectivity index (χ2v) is 6.16. The van der Waals surface area contributed by atoms with E-state index in [0.717, 1.165) is 18.9 Å². The highest BCUT2D eigenvalue weighted by molar-refractivity contribution is 5.81. The molecule has 0 unspecified atom stereocenters. The number of nitrogens with zero attached hydrogens (tertiary/aromatic N) is 1. The fourth-order valence-electron chi connectivity index (χ4n) is 2.66. The van der Waals surface area contributed by atoms with E-state index < -0.39 is 11.9 Å². The molecule has 2 atom stereocenters. The number of benzene rings is 1. The monoisotopic (exact) mass is 307 g/mol. The van der Waals surface area contributed by atoms with Gasteiger partial charge in [0.2, 0.25) is 0 Å². The standard InChI is InChI=1S/C17H22FNO3/c1-12(22-16-5-3-2-4-15(16)18)17(20)19-9-8-14(10-19)21-11-13-6-7-13/h2-5,12-14H,6-11H2,1H3/t12-,14+/m0/s1. The van der Waals surface area contributed by atoms with Gasteiger partial charge in [0.05, 0.1) is 6.10 Å². The Morgan fingerprint density at radius 1 is 1.36 bits per heavy atom. The van der Waals surface area contributed by atoms with Gasteiger partial charge >= 0.3 is 0 Å². The Morgan fingerprint density at radius 3 is 2.86 bits per heavy atom. The minimum Gasteiger partial charge on any atom is -0.478 e. The van der Waals surface area contributed by atoms with E-state index in [4.69, 9.17) is 9.47 Å². The number of ether oxygens (including phenoxy) is 2. The number of hydrogen-bond acceptors (Lipinski definition) is 3. The summed E-state index contributed by atoms with van der Waals surface area (Å²) >= 11 is 0. The van der Waals surface area contributed by atoms with Gasteiger partial charge in [0.1, 0.15) is 0 Å². The summed E-state index contributed by atoms with van der Waals surface area (Å²) in [5.74, 6) is 0.284. The maximum atomic E-state index is 13.6. The van der Waals surface area contributed by atoms with Crippen LogP contribution in [0.4, 0.5) is 4.39 Å². The summed E-state index contributed by atoms with van der Waals surface area (Å²) < 4.78 is 24.9. The molecule has 2 fully saturated rings. The molecule has 1 amide bonds. The van der Waals surface area contributed by atoms with Crippen LogP contribution < -0.4 is 4.74 Å². The number of carbonyl (C=O) groups excluding carboxylic acids is 1. The van der Waals surface area contributed by atoms with Crippen LogP contribution in [0.1, 0.15) is 26.2 Å². The molecule has 2 aliphatic rings. The van der Waals surface area contributed by atoms with Crippen molar-refractivity contribution in [2.24, 2.45) is 5.92 Å². The van der Waals surface area contributed by atoms with Crippen LogP contribution in [0.2, 0.25) is 0 Å². The number of likely N-dealkylation sites (tertiary alicyclic amines) is 1. The van der Waals surface area contributed by atoms with E-state index in [2.05, 4.69) is 0 Å². The lowest BCUT2D eigenvalue weighted by Crippen LogP contribution is -2.39. The second kappa shape index (κ2) is 6.65. The van der Waals surface area contributed by atoms with E-state index in [9.17, 15) is 9.18 Å². The van der Waals surface area contributed by atoms with Gasteiger partial charge < -0.3 is 14.4 Å². The van der Waals surface area contributed by atoms with E-state index in [1.807, 2.05) is 0 Å². The fourth-order valence-corrected chi connectivity index (χ4v) is 2.66. The average Bonchev–Trinajstić information content (AvgIpc) is 3.23. The average molecular weight is 307 g/mol. The summed E-state index contributed by atoms with van der Waals surface area (Å²) in [5.41, 5.74) is 0. The molecule has 0 N–H and O–H groups in total. The first-order valence-electron chi connectivity index (χ1n) is 7.95. The minimum absolute atomic E-state index is 0.110. The number of carbonyl (C=O) groups is 1. The summed E-state index contributed by atoms with van der Waals surface area (Å²) in [5, 5.41) is 0. The summed E-state index contributed by atoms with van der Waals surface area (Å²) in [6.07, 6.45) is 2.83. The largest absolute Gasteiger partial charge is 0.478 e. The number of rotatable bonds is 6. The molecule has 120 valence electrons. The molecule has 1 saturated carbocycles. The normalized spacial score (nSPS) is 22.6. The Bertz CT molecular complexity index is 532. The fraction of sp³-hybridized carbons (Fsp3) is 0.588. The quantitative estimate of drug-likeness (QED) is 0.811. The van der Waals surface area contributed by atoms with Crippen molar-refractivity contribution in [3.63, 3.8) is 0 Å². The van der Waals surface area contributed by atoms with Crippen LogP contribution in [0.15, 0.2) is 24.3 Å². The van der Waals surface area contributed by atoms with E-state index in [1.54, 1.807) is 24.0 Å². The third-order valence-electron chi connectivity index (χ3n) is 4.21. The predicted molar refractivity (Wildman–Crippen MR) is 80.2 cm³/mol. The highest BCUT2D eigenvalue weighted by atomic mass is 19.1. The molecular weight excluding hydrogens is 285 g/mol. The lowest BCUT2D eigenvalue weighted by atomic mass is 10.3. The predicted octanol–water partition coefficient (Wildman–Crippen LogP) is 2.62. The Morgan fingerprint density at radius 2 is 2.14 bits per heavy atom. The van der Waals surface area contributed by atoms with Crippen molar-refractivity contribution in [3.8, 4) is 5.75 Å². The number of amides is 1. The molecule has 1 aliphatic heterocycles. The molecule has 1 aromatic rings. The highest BCUT2D eigenvalue weighted by Gasteiger charge is 2.32. The van der Waals surface area contributed by atoms with Crippen LogP contribution in [0.3, 0.4) is 0 Å². The molecule has 5 heteroatoms. The SMILES string of the molecule is C[C@H](Oc1ccccc1F)C(=O)N1CC[C@@H](OCC2CC2)C1. The van der Waals surface area contributed by atoms with E-state index in [1.165, 1.54) is 25.0 Å². The van der Waals surface area contributed by atoms with E-state index in [0.29, 0.717) is 13.1 Å². The zero-order valence-corrected chi connectivity index (χ0v) is 12.8. The van der Waals surface area contributed by atoms with Crippen LogP contribution in [-0.2, 0) is 9.53 Å². The number of para-hydroxylation sites is 1. The Kier molecular flexibility index (Phi) is 4.62. The van der Waals surface area contributed by atoms with Crippen LogP contribution in [0.5, 0.6) is 5.75 Å². The smallest absolute Gasteiger partial charge is 0.263 e. The van der Waals surface area contributed by atoms with Gasteiger partial charge in [0.15, 0.2) is 17.7 Å². The zero-order valence-electron chi connectivity index (χ0n) is 12.8. The Hall–Kier alpha value is -1.62. The van der Waals surface area contributed by atoms with E-state index >= 15 is 0 Å². The van der Waals surface area contributed by atoms with Gasteiger partial charge in [-0.2, -0.15) is 0 Å². The molecule has 22 heavy (non-hydrogen) atoms. The zero-order chi connectivity index (χ0) is 15.5. The third kappa shape index (κ3) is 3.77. The first-order valence-corrected chi connectivity index (χ1v) is 7.95. The molecule has 3 rings (SSSR count). The lowest BCUT2D eigenvalue weighted by molar-refractivity contribution is -0.137. The summed E-state index contributed by atoms with van der Waals surface area (Å²) in [6, 6.07) is 6.14. The van der Waals surface area contributed by atoms with Crippen LogP contribution in [-0.4, -0.2) is 42.7 Å². The molecule has 0 bridgehead atoms. The van der Waals surface area contributed by atoms with Crippen LogP contribution in [0, 0.1) is 11.7 Å². The van der Waals surface area contributed by atoms with Crippen molar-refractivity contribution in [3.05, 3.63) is 30.1 Å². The van der Waals surface area contributed by atoms with Crippen molar-refractivity contribution < 1.29 is 18.7 Å². The number of hydrogen-bond donors (Lipinski definition) is 0. The summed E-state index contributed by atoms with van der Waals surface area (Å²) in [4.78, 5) is 14.1. The van der Waals surface area contributed by atoms with Gasteiger partial charge in [-0.05, 0) is 44.2 Å². The molecule has 1 aliphatic carbocycles. The molecule has 1 heterocycles. The van der Waals surface area contributed by atoms with E-state index in [-0.39, 0.29) is 17.8 Å². The molecule has 0 radical (unpaired) electrons. The number of halogens is 1. The minimum atomic E-state index is -0.695. The lowest BCUT2D eigenvalue weighted by Gasteiger charge is -2.22. The first-order chi connectivity index (χ1) is 10.6. The van der Waals surface area contributed by atoms with Gasteiger partial charge in [-0.15, -0.1) is 0 Å². The molecule has 1 saturated heterocycles. The first kappa shape index (κ1) is 15.3. The van der Waals surface area contributed by atoms with Crippen molar-refractivity contribution in [2.45, 2.75) is 38.4 Å². The van der Waals surface area contributed by atoms with Crippen molar-refractivity contribution >= 4 is 5.91 Å². The molecular formula is C17H22FNO3. The third-order valence-corrected chi connectivity index (χ3v) is 4.21. The van der Waals surface area contributed by atoms with Gasteiger partial charge in [0, 0.05) is 19.7 Å². The molecule has 1 aromatic carbocycles. The van der Waals surface area contributed by atoms with Crippen molar-refractivity contribution in [2.75, 3.05) is 19.7 Å². The summed E-state index contributed by atoms with van der Waals surface area (Å²) in [6.45, 7) is 3.76. The highest BCUT2D eigenvalue weighted by Crippen LogP contribution is 2.30. The molecule has 4 nitrogen and oxygen atoms in total. The molecule has 0 spiro atoms. The Labute approximate surface area is 130 Å². The van der Waals surface area contributed by atoms with Crippen LogP contribution >= 0.6 is 0 Å². The maximum absolute atomic E-state index is 13.6. The van der Waals surface area contributed by atoms with Gasteiger partial charge in [-0.1, -0.05) is 12.1 Å². The summed E-state index contributed by atoms with van der Waals surface area (Å²) in [7, 11) is 0. The Balaban J connectivity index is 1.49. The maximum Gasteiger partial charge on any atom is 0.263 e. The second-order valence-electron chi connectivity index (χ2n) is 6.16. The van der Waals surface area contributed by atoms with Crippen LogP contribution in [0.25, 0.3) is 0 Å². The van der Waals surface area contributed by atoms with Gasteiger partial charge in [-0.3, -0.25) is 4.79 Å². The molecule has 0 aromatic heterocycles. The van der Waals surface area contributed by atoms with Crippen molar-refractivity contribution in [1.82, 2.24) is 4.90 Å².